The molecule has 0 aliphatic rings. The van der Waals surface area contributed by atoms with Gasteiger partial charge in [0.1, 0.15) is 5.83 Å². The molecule has 0 rings (SSSR count). The fourth-order valence-corrected chi connectivity index (χ4v) is 0.749. The summed E-state index contributed by atoms with van der Waals surface area (Å²) < 4.78 is 24.8. The maximum Gasteiger partial charge on any atom is 0.180 e. The van der Waals surface area contributed by atoms with Gasteiger partial charge in [0, 0.05) is 0 Å². The summed E-state index contributed by atoms with van der Waals surface area (Å²) in [7, 11) is 0. The van der Waals surface area contributed by atoms with Gasteiger partial charge in [0.15, 0.2) is 5.78 Å². The summed E-state index contributed by atoms with van der Waals surface area (Å²) >= 11 is 5.19. The lowest BCUT2D eigenvalue weighted by Crippen LogP contribution is -2.03. The smallest absolute Gasteiger partial charge is 0.180 e. The first-order valence-electron chi connectivity index (χ1n) is 3.47. The average Bonchev–Trinajstić information content (AvgIpc) is 2.03. The van der Waals surface area contributed by atoms with Crippen LogP contribution in [0.5, 0.6) is 0 Å². The van der Waals surface area contributed by atoms with Gasteiger partial charge in [0.25, 0.3) is 0 Å². The van der Waals surface area contributed by atoms with Crippen molar-refractivity contribution in [2.45, 2.75) is 6.92 Å². The van der Waals surface area contributed by atoms with Crippen LogP contribution in [0.4, 0.5) is 8.78 Å². The molecular weight excluding hydrogens is 198 g/mol. The van der Waals surface area contributed by atoms with Crippen LogP contribution in [0.2, 0.25) is 0 Å². The molecule has 0 aliphatic heterocycles. The van der Waals surface area contributed by atoms with Crippen molar-refractivity contribution in [2.24, 2.45) is 0 Å². The van der Waals surface area contributed by atoms with Crippen molar-refractivity contribution in [1.29, 1.82) is 0 Å². The highest BCUT2D eigenvalue weighted by Crippen LogP contribution is 2.12. The van der Waals surface area contributed by atoms with E-state index in [1.807, 2.05) is 0 Å². The van der Waals surface area contributed by atoms with Crippen molar-refractivity contribution >= 4 is 17.4 Å². The zero-order valence-corrected chi connectivity index (χ0v) is 7.87. The van der Waals surface area contributed by atoms with Gasteiger partial charge in [-0.25, -0.2) is 8.78 Å². The number of Topliss-reactive ketones (excluding diaryl/α,β-unsaturated/α-hetero) is 1. The second-order valence-electron chi connectivity index (χ2n) is 2.30. The molecule has 0 aromatic heterocycles. The number of carbonyl (C=O) groups excluding carboxylic acids is 1. The Balaban J connectivity index is 4.82. The molecule has 13 heavy (non-hydrogen) atoms. The van der Waals surface area contributed by atoms with Crippen LogP contribution in [0, 0.1) is 0 Å². The minimum Gasteiger partial charge on any atom is -0.293 e. The normalized spacial score (nSPS) is 12.9. The lowest BCUT2D eigenvalue weighted by Gasteiger charge is -1.97. The highest BCUT2D eigenvalue weighted by molar-refractivity contribution is 6.30. The number of hydrogen-bond donors (Lipinski definition) is 0. The Kier molecular flexibility index (Phi) is 5.23. The van der Waals surface area contributed by atoms with E-state index in [9.17, 15) is 13.6 Å². The maximum atomic E-state index is 12.6. The second kappa shape index (κ2) is 5.65. The molecule has 72 valence electrons. The number of alkyl halides is 1. The third-order valence-electron chi connectivity index (χ3n) is 1.19. The van der Waals surface area contributed by atoms with E-state index in [0.717, 1.165) is 12.2 Å². The standard InChI is InChI=1S/C9H9ClF2O/c1-6(11)3-4-8(7(2)12)9(13)5-10/h3-4H,2,5H2,1H3/b6-3+,8-4+. The monoisotopic (exact) mass is 206 g/mol. The number of hydrogen-bond acceptors (Lipinski definition) is 1. The average molecular weight is 207 g/mol. The molecule has 0 atom stereocenters. The van der Waals surface area contributed by atoms with Gasteiger partial charge in [0.05, 0.1) is 17.3 Å². The van der Waals surface area contributed by atoms with Gasteiger partial charge in [-0.15, -0.1) is 11.6 Å². The number of allylic oxidation sites excluding steroid dienone is 5. The zero-order chi connectivity index (χ0) is 10.4. The Bertz CT molecular complexity index is 275. The van der Waals surface area contributed by atoms with E-state index < -0.39 is 17.4 Å². The molecule has 0 saturated heterocycles. The summed E-state index contributed by atoms with van der Waals surface area (Å²) in [5.41, 5.74) is -0.299. The second-order valence-corrected chi connectivity index (χ2v) is 2.56. The molecule has 0 N–H and O–H groups in total. The number of carbonyl (C=O) groups is 1. The molecule has 0 heterocycles. The molecule has 0 bridgehead atoms. The van der Waals surface area contributed by atoms with E-state index in [1.54, 1.807) is 0 Å². The summed E-state index contributed by atoms with van der Waals surface area (Å²) in [6, 6.07) is 0. The van der Waals surface area contributed by atoms with Crippen LogP contribution in [0.15, 0.2) is 36.0 Å². The van der Waals surface area contributed by atoms with Gasteiger partial charge < -0.3 is 0 Å². The molecule has 0 fully saturated rings. The Morgan fingerprint density at radius 3 is 2.31 bits per heavy atom. The molecule has 0 aromatic rings. The molecule has 0 aromatic carbocycles. The first kappa shape index (κ1) is 12.0. The first-order valence-corrected chi connectivity index (χ1v) is 4.00. The molecule has 0 spiro atoms. The van der Waals surface area contributed by atoms with Crippen LogP contribution in [-0.4, -0.2) is 11.7 Å². The van der Waals surface area contributed by atoms with Crippen LogP contribution in [0.3, 0.4) is 0 Å². The molecule has 0 radical (unpaired) electrons. The first-order chi connectivity index (χ1) is 5.99. The van der Waals surface area contributed by atoms with Crippen LogP contribution in [0.25, 0.3) is 0 Å². The van der Waals surface area contributed by atoms with Gasteiger partial charge >= 0.3 is 0 Å². The van der Waals surface area contributed by atoms with Crippen LogP contribution in [0.1, 0.15) is 6.92 Å². The molecule has 0 amide bonds. The SMILES string of the molecule is C=C(F)/C(=C\C=C(/C)F)C(=O)CCl. The predicted molar refractivity (Wildman–Crippen MR) is 48.9 cm³/mol. The zero-order valence-electron chi connectivity index (χ0n) is 7.11. The van der Waals surface area contributed by atoms with Crippen molar-refractivity contribution in [3.05, 3.63) is 36.0 Å². The number of ketones is 1. The molecule has 1 nitrogen and oxygen atoms in total. The summed E-state index contributed by atoms with van der Waals surface area (Å²) in [6.45, 7) is 4.12. The largest absolute Gasteiger partial charge is 0.293 e. The number of rotatable bonds is 4. The third-order valence-corrected chi connectivity index (χ3v) is 1.44. The van der Waals surface area contributed by atoms with Crippen molar-refractivity contribution in [3.8, 4) is 0 Å². The quantitative estimate of drug-likeness (QED) is 0.393. The molecule has 0 aliphatic carbocycles. The van der Waals surface area contributed by atoms with E-state index in [0.29, 0.717) is 0 Å². The fraction of sp³-hybridized carbons (Fsp3) is 0.222. The maximum absolute atomic E-state index is 12.6. The van der Waals surface area contributed by atoms with E-state index in [1.165, 1.54) is 6.92 Å². The van der Waals surface area contributed by atoms with Gasteiger partial charge in [0.2, 0.25) is 0 Å². The third kappa shape index (κ3) is 4.58. The predicted octanol–water partition coefficient (Wildman–Crippen LogP) is 3.08. The summed E-state index contributed by atoms with van der Waals surface area (Å²) in [5, 5.41) is 0. The Labute approximate surface area is 80.4 Å². The van der Waals surface area contributed by atoms with Crippen molar-refractivity contribution in [3.63, 3.8) is 0 Å². The van der Waals surface area contributed by atoms with Crippen molar-refractivity contribution in [1.82, 2.24) is 0 Å². The minimum absolute atomic E-state index is 0.299. The van der Waals surface area contributed by atoms with E-state index in [2.05, 4.69) is 6.58 Å². The van der Waals surface area contributed by atoms with E-state index in [-0.39, 0.29) is 11.5 Å². The highest BCUT2D eigenvalue weighted by Gasteiger charge is 2.10. The minimum atomic E-state index is -0.914. The van der Waals surface area contributed by atoms with Crippen LogP contribution in [-0.2, 0) is 4.79 Å². The summed E-state index contributed by atoms with van der Waals surface area (Å²) in [4.78, 5) is 10.9. The van der Waals surface area contributed by atoms with Crippen molar-refractivity contribution in [2.75, 3.05) is 5.88 Å². The molecule has 4 heteroatoms. The van der Waals surface area contributed by atoms with Crippen LogP contribution < -0.4 is 0 Å². The van der Waals surface area contributed by atoms with Gasteiger partial charge in [-0.05, 0) is 19.1 Å². The summed E-state index contributed by atoms with van der Waals surface area (Å²) in [6.07, 6.45) is 1.99. The highest BCUT2D eigenvalue weighted by atomic mass is 35.5. The van der Waals surface area contributed by atoms with Gasteiger partial charge in [-0.2, -0.15) is 0 Å². The molecule has 0 unspecified atom stereocenters. The Morgan fingerprint density at radius 2 is 2.00 bits per heavy atom. The Hall–Kier alpha value is -0.960. The lowest BCUT2D eigenvalue weighted by atomic mass is 10.1. The fourth-order valence-electron chi connectivity index (χ4n) is 0.605. The molecule has 0 saturated carbocycles. The van der Waals surface area contributed by atoms with Gasteiger partial charge in [-0.1, -0.05) is 6.58 Å². The van der Waals surface area contributed by atoms with Crippen molar-refractivity contribution < 1.29 is 13.6 Å². The van der Waals surface area contributed by atoms with Crippen LogP contribution >= 0.6 is 11.6 Å². The summed E-state index contributed by atoms with van der Waals surface area (Å²) in [5.74, 6) is -2.41. The van der Waals surface area contributed by atoms with E-state index >= 15 is 0 Å². The lowest BCUT2D eigenvalue weighted by molar-refractivity contribution is -0.113. The topological polar surface area (TPSA) is 17.1 Å². The van der Waals surface area contributed by atoms with Gasteiger partial charge in [-0.3, -0.25) is 4.79 Å². The molecular formula is C9H9ClF2O. The van der Waals surface area contributed by atoms with E-state index in [4.69, 9.17) is 11.6 Å². The number of halogens is 3. The Morgan fingerprint density at radius 1 is 1.46 bits per heavy atom.